The SMILES string of the molecule is COc1cc2c(cc1NC(=O)CBr)-c1c(c(C(=O)N(C)C(C)(C)C)nn1-c1cccc(C)c1)CC2. The third-order valence-electron chi connectivity index (χ3n) is 6.46. The van der Waals surface area contributed by atoms with Gasteiger partial charge in [0.05, 0.1) is 29.5 Å². The van der Waals surface area contributed by atoms with Crippen LogP contribution in [0.25, 0.3) is 16.9 Å². The van der Waals surface area contributed by atoms with Gasteiger partial charge in [-0.1, -0.05) is 28.1 Å². The molecule has 0 bridgehead atoms. The fourth-order valence-electron chi connectivity index (χ4n) is 4.30. The lowest BCUT2D eigenvalue weighted by Gasteiger charge is -2.31. The van der Waals surface area contributed by atoms with Crippen LogP contribution < -0.4 is 10.1 Å². The Morgan fingerprint density at radius 2 is 1.94 bits per heavy atom. The van der Waals surface area contributed by atoms with E-state index in [1.54, 1.807) is 12.0 Å². The number of nitrogens with zero attached hydrogens (tertiary/aromatic N) is 3. The smallest absolute Gasteiger partial charge is 0.274 e. The average molecular weight is 539 g/mol. The van der Waals surface area contributed by atoms with Gasteiger partial charge in [0.25, 0.3) is 5.91 Å². The third-order valence-corrected chi connectivity index (χ3v) is 6.97. The third kappa shape index (κ3) is 4.72. The molecule has 0 fully saturated rings. The van der Waals surface area contributed by atoms with Gasteiger partial charge in [-0.3, -0.25) is 9.59 Å². The maximum absolute atomic E-state index is 13.6. The van der Waals surface area contributed by atoms with Crippen molar-refractivity contribution in [3.05, 3.63) is 58.8 Å². The van der Waals surface area contributed by atoms with E-state index in [0.717, 1.165) is 40.1 Å². The van der Waals surface area contributed by atoms with Crippen molar-refractivity contribution in [1.82, 2.24) is 14.7 Å². The summed E-state index contributed by atoms with van der Waals surface area (Å²) in [6, 6.07) is 12.0. The number of aryl methyl sites for hydroxylation is 2. The van der Waals surface area contributed by atoms with Gasteiger partial charge in [-0.25, -0.2) is 4.68 Å². The number of amides is 2. The fraction of sp³-hybridized carbons (Fsp3) is 0.370. The second kappa shape index (κ2) is 9.49. The van der Waals surface area contributed by atoms with Crippen molar-refractivity contribution in [1.29, 1.82) is 0 Å². The van der Waals surface area contributed by atoms with E-state index in [1.165, 1.54) is 0 Å². The van der Waals surface area contributed by atoms with Crippen LogP contribution in [0, 0.1) is 6.92 Å². The predicted molar refractivity (Wildman–Crippen MR) is 142 cm³/mol. The van der Waals surface area contributed by atoms with Crippen molar-refractivity contribution in [2.75, 3.05) is 24.8 Å². The van der Waals surface area contributed by atoms with Crippen molar-refractivity contribution in [3.63, 3.8) is 0 Å². The number of nitrogens with one attached hydrogen (secondary N) is 1. The van der Waals surface area contributed by atoms with Gasteiger partial charge in [0.2, 0.25) is 5.91 Å². The second-order valence-corrected chi connectivity index (χ2v) is 10.4. The monoisotopic (exact) mass is 538 g/mol. The molecule has 1 aromatic heterocycles. The van der Waals surface area contributed by atoms with Crippen molar-refractivity contribution >= 4 is 33.4 Å². The number of hydrogen-bond acceptors (Lipinski definition) is 4. The fourth-order valence-corrected chi connectivity index (χ4v) is 4.44. The van der Waals surface area contributed by atoms with E-state index in [0.29, 0.717) is 23.6 Å². The molecule has 0 radical (unpaired) electrons. The van der Waals surface area contributed by atoms with Crippen LogP contribution in [0.2, 0.25) is 0 Å². The van der Waals surface area contributed by atoms with Crippen molar-refractivity contribution in [2.45, 2.75) is 46.1 Å². The first kappa shape index (κ1) is 25.0. The molecular formula is C27H31BrN4O3. The summed E-state index contributed by atoms with van der Waals surface area (Å²) in [6.45, 7) is 8.06. The zero-order chi connectivity index (χ0) is 25.5. The van der Waals surface area contributed by atoms with E-state index in [2.05, 4.69) is 27.3 Å². The summed E-state index contributed by atoms with van der Waals surface area (Å²) in [5, 5.41) is 7.98. The highest BCUT2D eigenvalue weighted by Gasteiger charge is 2.33. The molecule has 0 atom stereocenters. The van der Waals surface area contributed by atoms with Crippen LogP contribution in [0.15, 0.2) is 36.4 Å². The number of aromatic nitrogens is 2. The molecule has 2 aromatic carbocycles. The Labute approximate surface area is 214 Å². The molecule has 0 saturated carbocycles. The number of carbonyl (C=O) groups is 2. The molecule has 2 amide bonds. The lowest BCUT2D eigenvalue weighted by atomic mass is 9.87. The average Bonchev–Trinajstić information content (AvgIpc) is 3.22. The molecule has 0 unspecified atom stereocenters. The van der Waals surface area contributed by atoms with E-state index in [-0.39, 0.29) is 22.7 Å². The van der Waals surface area contributed by atoms with Crippen molar-refractivity contribution in [2.24, 2.45) is 0 Å². The zero-order valence-electron chi connectivity index (χ0n) is 21.0. The first-order chi connectivity index (χ1) is 16.5. The summed E-state index contributed by atoms with van der Waals surface area (Å²) < 4.78 is 7.44. The number of carbonyl (C=O) groups excluding carboxylic acids is 2. The number of methoxy groups -OCH3 is 1. The van der Waals surface area contributed by atoms with Crippen LogP contribution in [-0.2, 0) is 17.6 Å². The van der Waals surface area contributed by atoms with Gasteiger partial charge in [0.1, 0.15) is 5.75 Å². The van der Waals surface area contributed by atoms with Gasteiger partial charge in [0, 0.05) is 23.7 Å². The Bertz CT molecular complexity index is 1310. The molecular weight excluding hydrogens is 508 g/mol. The summed E-state index contributed by atoms with van der Waals surface area (Å²) in [7, 11) is 3.41. The molecule has 1 aliphatic carbocycles. The van der Waals surface area contributed by atoms with Crippen LogP contribution in [0.1, 0.15) is 48.0 Å². The first-order valence-electron chi connectivity index (χ1n) is 11.6. The molecule has 35 heavy (non-hydrogen) atoms. The molecule has 0 spiro atoms. The summed E-state index contributed by atoms with van der Waals surface area (Å²) in [5.41, 5.74) is 6.50. The summed E-state index contributed by atoms with van der Waals surface area (Å²) >= 11 is 3.21. The second-order valence-electron chi connectivity index (χ2n) is 9.85. The topological polar surface area (TPSA) is 76.5 Å². The number of halogens is 1. The molecule has 7 nitrogen and oxygen atoms in total. The number of rotatable bonds is 5. The van der Waals surface area contributed by atoms with Crippen LogP contribution in [0.5, 0.6) is 5.75 Å². The van der Waals surface area contributed by atoms with E-state index < -0.39 is 0 Å². The lowest BCUT2D eigenvalue weighted by Crippen LogP contribution is -2.43. The minimum absolute atomic E-state index is 0.107. The number of alkyl halides is 1. The minimum atomic E-state index is -0.343. The largest absolute Gasteiger partial charge is 0.495 e. The quantitative estimate of drug-likeness (QED) is 0.455. The number of fused-ring (bicyclic) bond motifs is 3. The minimum Gasteiger partial charge on any atom is -0.495 e. The van der Waals surface area contributed by atoms with Crippen LogP contribution in [0.4, 0.5) is 5.69 Å². The standard InChI is InChI=1S/C27H31BrN4O3/c1-16-8-7-9-18(12-16)32-25-19(24(30-32)26(34)31(5)27(2,3)4)11-10-17-13-22(35-6)21(14-20(17)25)29-23(33)15-28/h7-9,12-14H,10-11,15H2,1-6H3,(H,29,33). The number of anilines is 1. The van der Waals surface area contributed by atoms with Crippen LogP contribution in [0.3, 0.4) is 0 Å². The molecule has 1 heterocycles. The van der Waals surface area contributed by atoms with Gasteiger partial charge in [-0.05, 0) is 75.9 Å². The Balaban J connectivity index is 1.97. The summed E-state index contributed by atoms with van der Waals surface area (Å²) in [4.78, 5) is 27.5. The highest BCUT2D eigenvalue weighted by Crippen LogP contribution is 2.42. The van der Waals surface area contributed by atoms with Crippen molar-refractivity contribution < 1.29 is 14.3 Å². The highest BCUT2D eigenvalue weighted by atomic mass is 79.9. The maximum atomic E-state index is 13.6. The molecule has 1 N–H and O–H groups in total. The number of ether oxygens (including phenoxy) is 1. The molecule has 184 valence electrons. The Morgan fingerprint density at radius 3 is 2.57 bits per heavy atom. The summed E-state index contributed by atoms with van der Waals surface area (Å²) in [5.74, 6) is 0.325. The van der Waals surface area contributed by atoms with E-state index in [9.17, 15) is 9.59 Å². The Hall–Kier alpha value is -3.13. The number of benzene rings is 2. The van der Waals surface area contributed by atoms with E-state index >= 15 is 0 Å². The molecule has 0 saturated heterocycles. The maximum Gasteiger partial charge on any atom is 0.274 e. The molecule has 1 aliphatic rings. The van der Waals surface area contributed by atoms with Gasteiger partial charge >= 0.3 is 0 Å². The first-order valence-corrected chi connectivity index (χ1v) is 12.7. The summed E-state index contributed by atoms with van der Waals surface area (Å²) in [6.07, 6.45) is 1.42. The normalized spacial score (nSPS) is 12.5. The Morgan fingerprint density at radius 1 is 1.20 bits per heavy atom. The van der Waals surface area contributed by atoms with Crippen LogP contribution in [-0.4, -0.2) is 51.5 Å². The van der Waals surface area contributed by atoms with Gasteiger partial charge in [-0.2, -0.15) is 5.10 Å². The van der Waals surface area contributed by atoms with Crippen LogP contribution >= 0.6 is 15.9 Å². The zero-order valence-corrected chi connectivity index (χ0v) is 22.6. The van der Waals surface area contributed by atoms with Crippen molar-refractivity contribution in [3.8, 4) is 22.7 Å². The predicted octanol–water partition coefficient (Wildman–Crippen LogP) is 5.16. The van der Waals surface area contributed by atoms with Gasteiger partial charge in [-0.15, -0.1) is 0 Å². The Kier molecular flexibility index (Phi) is 6.77. The molecule has 4 rings (SSSR count). The van der Waals surface area contributed by atoms with Gasteiger partial charge in [0.15, 0.2) is 5.69 Å². The molecule has 0 aliphatic heterocycles. The van der Waals surface area contributed by atoms with E-state index in [1.807, 2.05) is 69.8 Å². The molecule has 3 aromatic rings. The van der Waals surface area contributed by atoms with E-state index in [4.69, 9.17) is 9.84 Å². The molecule has 8 heteroatoms. The number of hydrogen-bond donors (Lipinski definition) is 1. The lowest BCUT2D eigenvalue weighted by molar-refractivity contribution is -0.113. The van der Waals surface area contributed by atoms with Gasteiger partial charge < -0.3 is 15.0 Å². The highest BCUT2D eigenvalue weighted by molar-refractivity contribution is 9.09.